The maximum absolute atomic E-state index is 2.49. The lowest BCUT2D eigenvalue weighted by molar-refractivity contribution is 0.160. The predicted molar refractivity (Wildman–Crippen MR) is 60.1 cm³/mol. The predicted octanol–water partition coefficient (Wildman–Crippen LogP) is 1.84. The molecule has 0 unspecified atom stereocenters. The first-order valence-corrected chi connectivity index (χ1v) is 5.22. The highest BCUT2D eigenvalue weighted by atomic mass is 15.2. The topological polar surface area (TPSA) is 6.48 Å². The average Bonchev–Trinajstić information content (AvgIpc) is 2.19. The first-order chi connectivity index (χ1) is 6.24. The van der Waals surface area contributed by atoms with Gasteiger partial charge in [-0.25, -0.2) is 0 Å². The van der Waals surface area contributed by atoms with Crippen LogP contribution in [0.15, 0.2) is 12.2 Å². The molecule has 0 aromatic carbocycles. The van der Waals surface area contributed by atoms with Crippen molar-refractivity contribution in [3.05, 3.63) is 12.2 Å². The molecule has 0 spiro atoms. The minimum Gasteiger partial charge on any atom is -0.304 e. The highest BCUT2D eigenvalue weighted by molar-refractivity contribution is 4.68. The maximum Gasteiger partial charge on any atom is 0.0110 e. The number of rotatable bonds is 1. The normalized spacial score (nSPS) is 20.0. The van der Waals surface area contributed by atoms with Gasteiger partial charge < -0.3 is 9.80 Å². The summed E-state index contributed by atoms with van der Waals surface area (Å²) in [6.45, 7) is 12.4. The Labute approximate surface area is 83.2 Å². The molecule has 0 aromatic rings. The summed E-state index contributed by atoms with van der Waals surface area (Å²) in [4.78, 5) is 4.87. The summed E-state index contributed by atoms with van der Waals surface area (Å²) in [6.07, 6.45) is 4.00. The van der Waals surface area contributed by atoms with Crippen molar-refractivity contribution in [2.45, 2.75) is 20.8 Å². The first-order valence-electron chi connectivity index (χ1n) is 5.22. The minimum absolute atomic E-state index is 1.22. The second kappa shape index (κ2) is 8.27. The summed E-state index contributed by atoms with van der Waals surface area (Å²) >= 11 is 0. The van der Waals surface area contributed by atoms with Gasteiger partial charge >= 0.3 is 0 Å². The first kappa shape index (κ1) is 12.7. The molecular weight excluding hydrogens is 160 g/mol. The molecule has 1 saturated heterocycles. The monoisotopic (exact) mass is 184 g/mol. The van der Waals surface area contributed by atoms with Crippen molar-refractivity contribution in [2.75, 3.05) is 39.8 Å². The smallest absolute Gasteiger partial charge is 0.0110 e. The summed E-state index contributed by atoms with van der Waals surface area (Å²) in [7, 11) is 2.19. The van der Waals surface area contributed by atoms with Crippen molar-refractivity contribution in [1.29, 1.82) is 0 Å². The molecule has 13 heavy (non-hydrogen) atoms. The summed E-state index contributed by atoms with van der Waals surface area (Å²) in [5.74, 6) is 0. The number of hydrogen-bond donors (Lipinski definition) is 0. The van der Waals surface area contributed by atoms with E-state index in [0.29, 0.717) is 0 Å². The Kier molecular flexibility index (Phi) is 8.05. The van der Waals surface area contributed by atoms with E-state index in [4.69, 9.17) is 0 Å². The largest absolute Gasteiger partial charge is 0.304 e. The molecule has 0 atom stereocenters. The molecule has 0 radical (unpaired) electrons. The molecule has 0 N–H and O–H groups in total. The van der Waals surface area contributed by atoms with Crippen LogP contribution in [0.4, 0.5) is 0 Å². The van der Waals surface area contributed by atoms with Gasteiger partial charge in [-0.15, -0.1) is 0 Å². The molecular formula is C11H24N2. The van der Waals surface area contributed by atoms with Crippen molar-refractivity contribution in [1.82, 2.24) is 9.80 Å². The molecule has 0 amide bonds. The van der Waals surface area contributed by atoms with Gasteiger partial charge in [-0.05, 0) is 27.4 Å². The Morgan fingerprint density at radius 3 is 1.77 bits per heavy atom. The summed E-state index contributed by atoms with van der Waals surface area (Å²) in [6, 6.07) is 0. The van der Waals surface area contributed by atoms with E-state index in [9.17, 15) is 0 Å². The van der Waals surface area contributed by atoms with Crippen LogP contribution in [0.25, 0.3) is 0 Å². The Hall–Kier alpha value is -0.340. The zero-order valence-corrected chi connectivity index (χ0v) is 9.58. The van der Waals surface area contributed by atoms with Gasteiger partial charge in [0.2, 0.25) is 0 Å². The van der Waals surface area contributed by atoms with Crippen LogP contribution >= 0.6 is 0 Å². The van der Waals surface area contributed by atoms with Gasteiger partial charge in [-0.3, -0.25) is 0 Å². The molecule has 1 heterocycles. The van der Waals surface area contributed by atoms with Gasteiger partial charge in [0.1, 0.15) is 0 Å². The zero-order chi connectivity index (χ0) is 10.1. The number of nitrogens with zero attached hydrogens (tertiary/aromatic N) is 2. The summed E-state index contributed by atoms with van der Waals surface area (Å²) in [5.41, 5.74) is 0. The highest BCUT2D eigenvalue weighted by Crippen LogP contribution is 1.96. The van der Waals surface area contributed by atoms with Crippen LogP contribution in [0.5, 0.6) is 0 Å². The van der Waals surface area contributed by atoms with Gasteiger partial charge in [0.25, 0.3) is 0 Å². The standard InChI is InChI=1S/C7H16N2.C4H8/c1-3-9-6-4-8(2)5-7-9;1-3-4-2/h3-7H2,1-2H3;3-4H,1-2H3/b;4-3-. The number of piperazine rings is 1. The average molecular weight is 184 g/mol. The van der Waals surface area contributed by atoms with Crippen LogP contribution in [0.1, 0.15) is 20.8 Å². The molecule has 0 aromatic heterocycles. The lowest BCUT2D eigenvalue weighted by atomic mass is 10.3. The van der Waals surface area contributed by atoms with Crippen molar-refractivity contribution >= 4 is 0 Å². The van der Waals surface area contributed by atoms with Gasteiger partial charge in [0, 0.05) is 26.2 Å². The van der Waals surface area contributed by atoms with Gasteiger partial charge in [-0.1, -0.05) is 19.1 Å². The Bertz CT molecular complexity index is 120. The fourth-order valence-electron chi connectivity index (χ4n) is 1.16. The lowest BCUT2D eigenvalue weighted by Gasteiger charge is -2.31. The van der Waals surface area contributed by atoms with Crippen LogP contribution < -0.4 is 0 Å². The summed E-state index contributed by atoms with van der Waals surface area (Å²) in [5, 5.41) is 0. The van der Waals surface area contributed by atoms with Crippen LogP contribution in [0.3, 0.4) is 0 Å². The molecule has 2 nitrogen and oxygen atoms in total. The molecule has 0 bridgehead atoms. The van der Waals surface area contributed by atoms with Gasteiger partial charge in [0.05, 0.1) is 0 Å². The van der Waals surface area contributed by atoms with Crippen LogP contribution in [0.2, 0.25) is 0 Å². The SMILES string of the molecule is C/C=C\C.CCN1CCN(C)CC1. The second-order valence-electron chi connectivity index (χ2n) is 3.40. The van der Waals surface area contributed by atoms with E-state index in [-0.39, 0.29) is 0 Å². The molecule has 1 rings (SSSR count). The van der Waals surface area contributed by atoms with E-state index in [0.717, 1.165) is 0 Å². The third-order valence-corrected chi connectivity index (χ3v) is 2.38. The molecule has 78 valence electrons. The van der Waals surface area contributed by atoms with E-state index < -0.39 is 0 Å². The quantitative estimate of drug-likeness (QED) is 0.574. The van der Waals surface area contributed by atoms with E-state index in [1.165, 1.54) is 32.7 Å². The number of hydrogen-bond acceptors (Lipinski definition) is 2. The molecule has 2 heteroatoms. The van der Waals surface area contributed by atoms with Crippen LogP contribution in [0, 0.1) is 0 Å². The third kappa shape index (κ3) is 6.79. The van der Waals surface area contributed by atoms with E-state index in [1.807, 2.05) is 26.0 Å². The Morgan fingerprint density at radius 1 is 1.00 bits per heavy atom. The highest BCUT2D eigenvalue weighted by Gasteiger charge is 2.10. The third-order valence-electron chi connectivity index (χ3n) is 2.38. The number of allylic oxidation sites excluding steroid dienone is 2. The molecule has 0 aliphatic carbocycles. The van der Waals surface area contributed by atoms with E-state index >= 15 is 0 Å². The van der Waals surface area contributed by atoms with Gasteiger partial charge in [-0.2, -0.15) is 0 Å². The van der Waals surface area contributed by atoms with Crippen LogP contribution in [-0.2, 0) is 0 Å². The lowest BCUT2D eigenvalue weighted by Crippen LogP contribution is -2.44. The fourth-order valence-corrected chi connectivity index (χ4v) is 1.16. The van der Waals surface area contributed by atoms with Crippen molar-refractivity contribution in [3.8, 4) is 0 Å². The molecule has 0 saturated carbocycles. The maximum atomic E-state index is 2.49. The zero-order valence-electron chi connectivity index (χ0n) is 9.58. The van der Waals surface area contributed by atoms with Crippen LogP contribution in [-0.4, -0.2) is 49.6 Å². The van der Waals surface area contributed by atoms with E-state index in [1.54, 1.807) is 0 Å². The molecule has 1 fully saturated rings. The molecule has 1 aliphatic rings. The van der Waals surface area contributed by atoms with Crippen molar-refractivity contribution < 1.29 is 0 Å². The fraction of sp³-hybridized carbons (Fsp3) is 0.818. The minimum atomic E-state index is 1.22. The van der Waals surface area contributed by atoms with Crippen molar-refractivity contribution in [2.24, 2.45) is 0 Å². The van der Waals surface area contributed by atoms with Gasteiger partial charge in [0.15, 0.2) is 0 Å². The molecule has 1 aliphatic heterocycles. The second-order valence-corrected chi connectivity index (χ2v) is 3.40. The Morgan fingerprint density at radius 2 is 1.46 bits per heavy atom. The van der Waals surface area contributed by atoms with Crippen molar-refractivity contribution in [3.63, 3.8) is 0 Å². The number of likely N-dealkylation sites (N-methyl/N-ethyl adjacent to an activating group) is 2. The Balaban J connectivity index is 0.000000310. The van der Waals surface area contributed by atoms with E-state index in [2.05, 4.69) is 23.8 Å². The summed E-state index contributed by atoms with van der Waals surface area (Å²) < 4.78 is 0.